The number of carbonyl (C=O) groups excluding carboxylic acids is 1. The second-order valence-electron chi connectivity index (χ2n) is 3.12. The normalized spacial score (nSPS) is 34.6. The lowest BCUT2D eigenvalue weighted by Gasteiger charge is -2.22. The van der Waals surface area contributed by atoms with Crippen molar-refractivity contribution in [1.82, 2.24) is 0 Å². The van der Waals surface area contributed by atoms with Crippen LogP contribution in [0.2, 0.25) is 0 Å². The number of nitrogens with zero attached hydrogens (tertiary/aromatic N) is 3. The molecule has 1 saturated heterocycles. The molecule has 0 aliphatic carbocycles. The van der Waals surface area contributed by atoms with E-state index in [0.717, 1.165) is 7.11 Å². The summed E-state index contributed by atoms with van der Waals surface area (Å²) in [6.07, 6.45) is -2.36. The number of aliphatic hydroxyl groups is 2. The molecule has 0 amide bonds. The molecule has 1 fully saturated rings. The Labute approximate surface area is 85.0 Å². The van der Waals surface area contributed by atoms with Crippen LogP contribution in [0, 0.1) is 0 Å². The maximum absolute atomic E-state index is 11.1. The SMILES string of the molecule is COC(=O)[C@@]1(O)CO[C@H](CN=[N+]=[N-])[C@H]1O. The van der Waals surface area contributed by atoms with Gasteiger partial charge in [-0.15, -0.1) is 0 Å². The lowest BCUT2D eigenvalue weighted by Crippen LogP contribution is -2.51. The molecule has 0 saturated carbocycles. The largest absolute Gasteiger partial charge is 0.467 e. The minimum Gasteiger partial charge on any atom is -0.467 e. The molecule has 1 rings (SSSR count). The summed E-state index contributed by atoms with van der Waals surface area (Å²) in [4.78, 5) is 13.6. The van der Waals surface area contributed by atoms with Crippen molar-refractivity contribution in [2.45, 2.75) is 17.8 Å². The molecule has 1 aliphatic rings. The van der Waals surface area contributed by atoms with E-state index in [2.05, 4.69) is 14.8 Å². The molecule has 0 aromatic rings. The van der Waals surface area contributed by atoms with Gasteiger partial charge < -0.3 is 19.7 Å². The predicted molar refractivity (Wildman–Crippen MR) is 46.7 cm³/mol. The number of ether oxygens (including phenoxy) is 2. The van der Waals surface area contributed by atoms with Crippen molar-refractivity contribution in [2.24, 2.45) is 5.11 Å². The maximum atomic E-state index is 11.1. The van der Waals surface area contributed by atoms with Crippen molar-refractivity contribution in [3.63, 3.8) is 0 Å². The van der Waals surface area contributed by atoms with E-state index in [9.17, 15) is 15.0 Å². The monoisotopic (exact) mass is 217 g/mol. The lowest BCUT2D eigenvalue weighted by molar-refractivity contribution is -0.170. The van der Waals surface area contributed by atoms with Crippen molar-refractivity contribution in [2.75, 3.05) is 20.3 Å². The summed E-state index contributed by atoms with van der Waals surface area (Å²) in [5.74, 6) is -0.974. The quantitative estimate of drug-likeness (QED) is 0.270. The van der Waals surface area contributed by atoms with Gasteiger partial charge in [0.25, 0.3) is 0 Å². The molecular formula is C7H11N3O5. The van der Waals surface area contributed by atoms with E-state index < -0.39 is 23.8 Å². The fourth-order valence-corrected chi connectivity index (χ4v) is 1.34. The summed E-state index contributed by atoms with van der Waals surface area (Å²) in [5, 5.41) is 22.5. The molecule has 1 heterocycles. The van der Waals surface area contributed by atoms with E-state index in [1.807, 2.05) is 0 Å². The second kappa shape index (κ2) is 4.45. The number of methoxy groups -OCH3 is 1. The van der Waals surface area contributed by atoms with Gasteiger partial charge in [-0.25, -0.2) is 4.79 Å². The van der Waals surface area contributed by atoms with E-state index in [0.29, 0.717) is 0 Å². The van der Waals surface area contributed by atoms with Gasteiger partial charge in [-0.1, -0.05) is 5.11 Å². The van der Waals surface area contributed by atoms with Crippen LogP contribution in [0.25, 0.3) is 10.4 Å². The topological polar surface area (TPSA) is 125 Å². The molecule has 0 aromatic carbocycles. The number of azide groups is 1. The van der Waals surface area contributed by atoms with Crippen LogP contribution < -0.4 is 0 Å². The molecule has 0 unspecified atom stereocenters. The highest BCUT2D eigenvalue weighted by Gasteiger charge is 2.54. The Morgan fingerprint density at radius 2 is 2.53 bits per heavy atom. The Bertz CT molecular complexity index is 303. The van der Waals surface area contributed by atoms with Crippen LogP contribution >= 0.6 is 0 Å². The molecule has 15 heavy (non-hydrogen) atoms. The van der Waals surface area contributed by atoms with Gasteiger partial charge in [0.05, 0.1) is 26.4 Å². The zero-order valence-corrected chi connectivity index (χ0v) is 8.03. The van der Waals surface area contributed by atoms with Gasteiger partial charge in [0.1, 0.15) is 6.10 Å². The van der Waals surface area contributed by atoms with Crippen LogP contribution in [-0.2, 0) is 14.3 Å². The minimum absolute atomic E-state index is 0.156. The highest BCUT2D eigenvalue weighted by Crippen LogP contribution is 2.26. The Morgan fingerprint density at radius 3 is 3.07 bits per heavy atom. The maximum Gasteiger partial charge on any atom is 0.343 e. The van der Waals surface area contributed by atoms with Crippen LogP contribution in [-0.4, -0.2) is 54.3 Å². The van der Waals surface area contributed by atoms with Gasteiger partial charge in [-0.3, -0.25) is 0 Å². The zero-order chi connectivity index (χ0) is 11.5. The van der Waals surface area contributed by atoms with Crippen LogP contribution in [0.4, 0.5) is 0 Å². The van der Waals surface area contributed by atoms with Crippen LogP contribution in [0.1, 0.15) is 0 Å². The Hall–Kier alpha value is -1.34. The molecular weight excluding hydrogens is 206 g/mol. The number of aliphatic hydroxyl groups excluding tert-OH is 1. The highest BCUT2D eigenvalue weighted by molar-refractivity contribution is 5.80. The molecule has 84 valence electrons. The third kappa shape index (κ3) is 2.02. The first-order chi connectivity index (χ1) is 7.06. The highest BCUT2D eigenvalue weighted by atomic mass is 16.6. The Morgan fingerprint density at radius 1 is 1.87 bits per heavy atom. The van der Waals surface area contributed by atoms with Gasteiger partial charge in [-0.2, -0.15) is 0 Å². The zero-order valence-electron chi connectivity index (χ0n) is 8.03. The van der Waals surface area contributed by atoms with Crippen molar-refractivity contribution in [1.29, 1.82) is 0 Å². The van der Waals surface area contributed by atoms with Crippen LogP contribution in [0.5, 0.6) is 0 Å². The Kier molecular flexibility index (Phi) is 3.48. The fraction of sp³-hybridized carbons (Fsp3) is 0.857. The van der Waals surface area contributed by atoms with Gasteiger partial charge >= 0.3 is 5.97 Å². The number of carbonyl (C=O) groups is 1. The van der Waals surface area contributed by atoms with Crippen LogP contribution in [0.15, 0.2) is 5.11 Å². The molecule has 0 spiro atoms. The van der Waals surface area contributed by atoms with Crippen molar-refractivity contribution in [3.05, 3.63) is 10.4 Å². The molecule has 8 heteroatoms. The van der Waals surface area contributed by atoms with Crippen molar-refractivity contribution in [3.8, 4) is 0 Å². The minimum atomic E-state index is -2.08. The summed E-state index contributed by atoms with van der Waals surface area (Å²) >= 11 is 0. The third-order valence-corrected chi connectivity index (χ3v) is 2.22. The van der Waals surface area contributed by atoms with Crippen molar-refractivity contribution < 1.29 is 24.5 Å². The second-order valence-corrected chi connectivity index (χ2v) is 3.12. The molecule has 1 aliphatic heterocycles. The average Bonchev–Trinajstić information content (AvgIpc) is 2.53. The molecule has 0 bridgehead atoms. The standard InChI is InChI=1S/C7H11N3O5/c1-14-6(12)7(13)3-15-4(5(7)11)2-9-10-8/h4-5,11,13H,2-3H2,1H3/t4-,5-,7-/m1/s1. The average molecular weight is 217 g/mol. The van der Waals surface area contributed by atoms with E-state index in [1.54, 1.807) is 0 Å². The summed E-state index contributed by atoms with van der Waals surface area (Å²) in [5.41, 5.74) is 5.99. The van der Waals surface area contributed by atoms with Gasteiger partial charge in [0, 0.05) is 4.91 Å². The van der Waals surface area contributed by atoms with E-state index in [1.165, 1.54) is 0 Å². The summed E-state index contributed by atoms with van der Waals surface area (Å²) < 4.78 is 9.27. The lowest BCUT2D eigenvalue weighted by atomic mass is 9.97. The van der Waals surface area contributed by atoms with E-state index in [4.69, 9.17) is 10.3 Å². The molecule has 2 N–H and O–H groups in total. The van der Waals surface area contributed by atoms with Gasteiger partial charge in [0.15, 0.2) is 0 Å². The first-order valence-electron chi connectivity index (χ1n) is 4.17. The number of rotatable bonds is 3. The molecule has 0 aromatic heterocycles. The molecule has 8 nitrogen and oxygen atoms in total. The summed E-state index contributed by atoms with van der Waals surface area (Å²) in [7, 11) is 1.09. The van der Waals surface area contributed by atoms with E-state index >= 15 is 0 Å². The summed E-state index contributed by atoms with van der Waals surface area (Å²) in [6, 6.07) is 0. The smallest absolute Gasteiger partial charge is 0.343 e. The predicted octanol–water partition coefficient (Wildman–Crippen LogP) is -1.04. The first kappa shape index (κ1) is 11.7. The van der Waals surface area contributed by atoms with Crippen molar-refractivity contribution >= 4 is 5.97 Å². The first-order valence-corrected chi connectivity index (χ1v) is 4.17. The third-order valence-electron chi connectivity index (χ3n) is 2.22. The number of hydrogen-bond donors (Lipinski definition) is 2. The number of esters is 1. The number of hydrogen-bond acceptors (Lipinski definition) is 6. The van der Waals surface area contributed by atoms with E-state index in [-0.39, 0.29) is 13.2 Å². The molecule has 0 radical (unpaired) electrons. The van der Waals surface area contributed by atoms with Crippen LogP contribution in [0.3, 0.4) is 0 Å². The molecule has 3 atom stereocenters. The van der Waals surface area contributed by atoms with Gasteiger partial charge in [-0.05, 0) is 5.53 Å². The van der Waals surface area contributed by atoms with Gasteiger partial charge in [0.2, 0.25) is 5.60 Å². The fourth-order valence-electron chi connectivity index (χ4n) is 1.34. The Balaban J connectivity index is 2.73. The summed E-state index contributed by atoms with van der Waals surface area (Å²) in [6.45, 7) is -0.538.